The first-order chi connectivity index (χ1) is 12.3. The number of benzene rings is 2. The number of sulfone groups is 1. The number of para-hydroxylation sites is 1. The molecule has 0 aliphatic rings. The smallest absolute Gasteiger partial charge is 0.243 e. The summed E-state index contributed by atoms with van der Waals surface area (Å²) in [7, 11) is -0.853. The average Bonchev–Trinajstić information content (AvgIpc) is 2.60. The Morgan fingerprint density at radius 2 is 1.77 bits per heavy atom. The maximum atomic E-state index is 12.2. The molecule has 2 aromatic carbocycles. The maximum Gasteiger partial charge on any atom is 0.243 e. The normalized spacial score (nSPS) is 10.9. The molecule has 0 aliphatic carbocycles. The number of hydrogen-bond acceptors (Lipinski definition) is 6. The molecule has 2 N–H and O–H groups in total. The zero-order valence-electron chi connectivity index (χ0n) is 14.5. The van der Waals surface area contributed by atoms with Crippen LogP contribution in [0.2, 0.25) is 0 Å². The SMILES string of the molecule is COc1ccc(NCC(=O)Nc2ccccc2Br)c(S(C)(=O)=O)c1OC. The van der Waals surface area contributed by atoms with Crippen LogP contribution in [0.15, 0.2) is 45.8 Å². The van der Waals surface area contributed by atoms with E-state index >= 15 is 0 Å². The fourth-order valence-electron chi connectivity index (χ4n) is 2.34. The molecule has 1 amide bonds. The van der Waals surface area contributed by atoms with Gasteiger partial charge in [-0.15, -0.1) is 0 Å². The van der Waals surface area contributed by atoms with Crippen LogP contribution in [0.4, 0.5) is 11.4 Å². The summed E-state index contributed by atoms with van der Waals surface area (Å²) in [6, 6.07) is 10.3. The molecule has 9 heteroatoms. The monoisotopic (exact) mass is 442 g/mol. The second-order valence-corrected chi connectivity index (χ2v) is 8.14. The third kappa shape index (κ3) is 4.67. The van der Waals surface area contributed by atoms with Gasteiger partial charge in [-0.05, 0) is 40.2 Å². The van der Waals surface area contributed by atoms with Gasteiger partial charge in [0.2, 0.25) is 5.91 Å². The molecule has 0 bridgehead atoms. The Morgan fingerprint density at radius 3 is 2.35 bits per heavy atom. The van der Waals surface area contributed by atoms with E-state index in [-0.39, 0.29) is 34.5 Å². The lowest BCUT2D eigenvalue weighted by atomic mass is 10.2. The highest BCUT2D eigenvalue weighted by atomic mass is 79.9. The van der Waals surface area contributed by atoms with Crippen molar-refractivity contribution >= 4 is 43.0 Å². The van der Waals surface area contributed by atoms with E-state index in [1.165, 1.54) is 20.3 Å². The van der Waals surface area contributed by atoms with Gasteiger partial charge >= 0.3 is 0 Å². The summed E-state index contributed by atoms with van der Waals surface area (Å²) in [4.78, 5) is 12.1. The van der Waals surface area contributed by atoms with Gasteiger partial charge in [-0.25, -0.2) is 8.42 Å². The van der Waals surface area contributed by atoms with Crippen LogP contribution in [0.3, 0.4) is 0 Å². The summed E-state index contributed by atoms with van der Waals surface area (Å²) in [5.41, 5.74) is 0.877. The Balaban J connectivity index is 2.24. The van der Waals surface area contributed by atoms with Crippen molar-refractivity contribution < 1.29 is 22.7 Å². The van der Waals surface area contributed by atoms with Crippen LogP contribution >= 0.6 is 15.9 Å². The van der Waals surface area contributed by atoms with Crippen LogP contribution in [0.25, 0.3) is 0 Å². The van der Waals surface area contributed by atoms with Crippen LogP contribution < -0.4 is 20.1 Å². The summed E-state index contributed by atoms with van der Waals surface area (Å²) in [5, 5.41) is 5.58. The number of ether oxygens (including phenoxy) is 2. The Labute approximate surface area is 160 Å². The summed E-state index contributed by atoms with van der Waals surface area (Å²) >= 11 is 3.35. The van der Waals surface area contributed by atoms with Gasteiger partial charge in [0.25, 0.3) is 0 Å². The molecule has 0 saturated carbocycles. The zero-order chi connectivity index (χ0) is 19.3. The van der Waals surface area contributed by atoms with Crippen LogP contribution in [-0.4, -0.2) is 41.3 Å². The molecule has 0 aliphatic heterocycles. The molecule has 0 radical (unpaired) electrons. The minimum Gasteiger partial charge on any atom is -0.493 e. The van der Waals surface area contributed by atoms with E-state index in [1.54, 1.807) is 24.3 Å². The molecule has 2 aromatic rings. The second-order valence-electron chi connectivity index (χ2n) is 5.33. The van der Waals surface area contributed by atoms with Crippen molar-refractivity contribution in [1.29, 1.82) is 0 Å². The number of anilines is 2. The number of methoxy groups -OCH3 is 2. The molecule has 140 valence electrons. The first-order valence-corrected chi connectivity index (χ1v) is 10.2. The van der Waals surface area contributed by atoms with Crippen molar-refractivity contribution in [2.75, 3.05) is 37.7 Å². The van der Waals surface area contributed by atoms with E-state index in [0.29, 0.717) is 5.69 Å². The Bertz CT molecular complexity index is 915. The van der Waals surface area contributed by atoms with Gasteiger partial charge in [-0.1, -0.05) is 12.1 Å². The van der Waals surface area contributed by atoms with Crippen LogP contribution in [0, 0.1) is 0 Å². The Hall–Kier alpha value is -2.26. The first kappa shape index (κ1) is 20.1. The minimum absolute atomic E-state index is 0.0620. The van der Waals surface area contributed by atoms with Gasteiger partial charge in [0.05, 0.1) is 32.1 Å². The lowest BCUT2D eigenvalue weighted by Crippen LogP contribution is -2.23. The molecule has 0 atom stereocenters. The van der Waals surface area contributed by atoms with Crippen LogP contribution in [-0.2, 0) is 14.6 Å². The van der Waals surface area contributed by atoms with Crippen LogP contribution in [0.1, 0.15) is 0 Å². The van der Waals surface area contributed by atoms with E-state index in [0.717, 1.165) is 10.7 Å². The van der Waals surface area contributed by atoms with Gasteiger partial charge in [0.15, 0.2) is 21.3 Å². The van der Waals surface area contributed by atoms with E-state index in [4.69, 9.17) is 9.47 Å². The van der Waals surface area contributed by atoms with Gasteiger partial charge in [-0.3, -0.25) is 4.79 Å². The fourth-order valence-corrected chi connectivity index (χ4v) is 3.78. The Kier molecular flexibility index (Phi) is 6.49. The molecule has 7 nitrogen and oxygen atoms in total. The molecule has 0 unspecified atom stereocenters. The van der Waals surface area contributed by atoms with Crippen molar-refractivity contribution in [3.05, 3.63) is 40.9 Å². The maximum absolute atomic E-state index is 12.2. The van der Waals surface area contributed by atoms with Crippen LogP contribution in [0.5, 0.6) is 11.5 Å². The number of amides is 1. The molecule has 0 aromatic heterocycles. The van der Waals surface area contributed by atoms with Crippen molar-refractivity contribution in [3.8, 4) is 11.5 Å². The third-order valence-electron chi connectivity index (χ3n) is 3.46. The molecule has 26 heavy (non-hydrogen) atoms. The van der Waals surface area contributed by atoms with Crippen molar-refractivity contribution in [2.45, 2.75) is 4.90 Å². The molecule has 0 fully saturated rings. The van der Waals surface area contributed by atoms with Gasteiger partial charge < -0.3 is 20.1 Å². The summed E-state index contributed by atoms with van der Waals surface area (Å²) < 4.78 is 35.5. The number of carbonyl (C=O) groups excluding carboxylic acids is 1. The quantitative estimate of drug-likeness (QED) is 0.684. The lowest BCUT2D eigenvalue weighted by Gasteiger charge is -2.17. The van der Waals surface area contributed by atoms with E-state index in [1.807, 2.05) is 6.07 Å². The van der Waals surface area contributed by atoms with Gasteiger partial charge in [0, 0.05) is 10.7 Å². The van der Waals surface area contributed by atoms with Crippen molar-refractivity contribution in [3.63, 3.8) is 0 Å². The predicted molar refractivity (Wildman–Crippen MR) is 104 cm³/mol. The summed E-state index contributed by atoms with van der Waals surface area (Å²) in [6.45, 7) is -0.126. The number of halogens is 1. The highest BCUT2D eigenvalue weighted by Crippen LogP contribution is 2.39. The predicted octanol–water partition coefficient (Wildman–Crippen LogP) is 2.92. The average molecular weight is 443 g/mol. The van der Waals surface area contributed by atoms with Gasteiger partial charge in [0.1, 0.15) is 4.90 Å². The fraction of sp³-hybridized carbons (Fsp3) is 0.235. The standard InChI is InChI=1S/C17H19BrN2O5S/c1-24-14-9-8-13(17(16(14)25-2)26(3,22)23)19-10-15(21)20-12-7-5-4-6-11(12)18/h4-9,19H,10H2,1-3H3,(H,20,21). The second kappa shape index (κ2) is 8.41. The first-order valence-electron chi connectivity index (χ1n) is 7.51. The number of carbonyl (C=O) groups is 1. The molecular weight excluding hydrogens is 424 g/mol. The topological polar surface area (TPSA) is 93.7 Å². The van der Waals surface area contributed by atoms with E-state index < -0.39 is 9.84 Å². The van der Waals surface area contributed by atoms with E-state index in [2.05, 4.69) is 26.6 Å². The summed E-state index contributed by atoms with van der Waals surface area (Å²) in [5.74, 6) is 0.0495. The Morgan fingerprint density at radius 1 is 1.08 bits per heavy atom. The number of nitrogens with one attached hydrogen (secondary N) is 2. The van der Waals surface area contributed by atoms with Gasteiger partial charge in [-0.2, -0.15) is 0 Å². The number of rotatable bonds is 7. The molecule has 0 saturated heterocycles. The van der Waals surface area contributed by atoms with Crippen molar-refractivity contribution in [2.24, 2.45) is 0 Å². The molecular formula is C17H19BrN2O5S. The third-order valence-corrected chi connectivity index (χ3v) is 5.30. The molecule has 0 heterocycles. The lowest BCUT2D eigenvalue weighted by molar-refractivity contribution is -0.114. The zero-order valence-corrected chi connectivity index (χ0v) is 16.9. The number of hydrogen-bond donors (Lipinski definition) is 2. The molecule has 2 rings (SSSR count). The highest BCUT2D eigenvalue weighted by Gasteiger charge is 2.23. The van der Waals surface area contributed by atoms with Crippen molar-refractivity contribution in [1.82, 2.24) is 0 Å². The van der Waals surface area contributed by atoms with E-state index in [9.17, 15) is 13.2 Å². The largest absolute Gasteiger partial charge is 0.493 e. The summed E-state index contributed by atoms with van der Waals surface area (Å²) in [6.07, 6.45) is 1.07. The highest BCUT2D eigenvalue weighted by molar-refractivity contribution is 9.10. The minimum atomic E-state index is -3.63. The molecule has 0 spiro atoms.